The molecule has 5 nitrogen and oxygen atoms in total. The van der Waals surface area contributed by atoms with Crippen LogP contribution in [-0.4, -0.2) is 25.1 Å². The van der Waals surface area contributed by atoms with Crippen LogP contribution in [0.3, 0.4) is 0 Å². The van der Waals surface area contributed by atoms with Gasteiger partial charge in [-0.15, -0.1) is 0 Å². The van der Waals surface area contributed by atoms with E-state index >= 15 is 0 Å². The summed E-state index contributed by atoms with van der Waals surface area (Å²) < 4.78 is 38.0. The molecule has 1 heterocycles. The number of urea groups is 1. The SMILES string of the molecule is COc1ccc(CN(C)C(=O)NC(C)c2oc3ccc(F)cc3c2C)cc1F. The molecule has 0 aliphatic carbocycles. The fraction of sp³-hybridized carbons (Fsp3) is 0.286. The van der Waals surface area contributed by atoms with Gasteiger partial charge in [-0.05, 0) is 49.7 Å². The first-order valence-electron chi connectivity index (χ1n) is 8.82. The number of carbonyl (C=O) groups is 1. The quantitative estimate of drug-likeness (QED) is 0.674. The van der Waals surface area contributed by atoms with Crippen molar-refractivity contribution in [2.45, 2.75) is 26.4 Å². The average molecular weight is 388 g/mol. The molecule has 0 fully saturated rings. The van der Waals surface area contributed by atoms with Crippen LogP contribution in [0.25, 0.3) is 11.0 Å². The molecule has 1 N–H and O–H groups in total. The predicted octanol–water partition coefficient (Wildman–Crippen LogP) is 4.93. The van der Waals surface area contributed by atoms with Crippen LogP contribution >= 0.6 is 0 Å². The van der Waals surface area contributed by atoms with E-state index in [4.69, 9.17) is 9.15 Å². The number of ether oxygens (including phenoxy) is 1. The van der Waals surface area contributed by atoms with Gasteiger partial charge in [-0.25, -0.2) is 13.6 Å². The zero-order chi connectivity index (χ0) is 20.4. The molecule has 1 aromatic heterocycles. The van der Waals surface area contributed by atoms with Gasteiger partial charge in [-0.3, -0.25) is 0 Å². The van der Waals surface area contributed by atoms with E-state index in [1.54, 1.807) is 26.1 Å². The highest BCUT2D eigenvalue weighted by molar-refractivity contribution is 5.82. The first kappa shape index (κ1) is 19.7. The zero-order valence-corrected chi connectivity index (χ0v) is 16.2. The number of nitrogens with zero attached hydrogens (tertiary/aromatic N) is 1. The molecule has 2 amide bonds. The van der Waals surface area contributed by atoms with Crippen molar-refractivity contribution in [2.75, 3.05) is 14.2 Å². The summed E-state index contributed by atoms with van der Waals surface area (Å²) in [4.78, 5) is 14.0. The van der Waals surface area contributed by atoms with E-state index in [0.717, 1.165) is 5.56 Å². The second kappa shape index (κ2) is 7.88. The van der Waals surface area contributed by atoms with Crippen molar-refractivity contribution in [3.05, 3.63) is 64.9 Å². The Labute approximate surface area is 161 Å². The third-order valence-electron chi connectivity index (χ3n) is 4.65. The summed E-state index contributed by atoms with van der Waals surface area (Å²) in [7, 11) is 3.01. The minimum absolute atomic E-state index is 0.154. The maximum absolute atomic E-state index is 13.8. The summed E-state index contributed by atoms with van der Waals surface area (Å²) in [5.74, 6) is -0.0995. The number of hydrogen-bond acceptors (Lipinski definition) is 3. The fourth-order valence-corrected chi connectivity index (χ4v) is 3.14. The molecule has 3 rings (SSSR count). The van der Waals surface area contributed by atoms with Crippen molar-refractivity contribution in [3.63, 3.8) is 0 Å². The molecule has 7 heteroatoms. The largest absolute Gasteiger partial charge is 0.494 e. The Morgan fingerprint density at radius 3 is 2.68 bits per heavy atom. The van der Waals surface area contributed by atoms with Crippen LogP contribution in [-0.2, 0) is 6.54 Å². The number of amides is 2. The van der Waals surface area contributed by atoms with Crippen LogP contribution in [0.4, 0.5) is 13.6 Å². The lowest BCUT2D eigenvalue weighted by molar-refractivity contribution is 0.202. The van der Waals surface area contributed by atoms with Crippen molar-refractivity contribution < 1.29 is 22.7 Å². The number of hydrogen-bond donors (Lipinski definition) is 1. The molecule has 1 atom stereocenters. The molecule has 0 radical (unpaired) electrons. The standard InChI is InChI=1S/C21H22F2N2O3/c1-12-16-10-15(22)6-8-18(16)28-20(12)13(2)24-21(26)25(3)11-14-5-7-19(27-4)17(23)9-14/h5-10,13H,11H2,1-4H3,(H,24,26). The van der Waals surface area contributed by atoms with Gasteiger partial charge in [-0.2, -0.15) is 0 Å². The maximum atomic E-state index is 13.8. The van der Waals surface area contributed by atoms with Gasteiger partial charge in [0.1, 0.15) is 17.2 Å². The molecule has 28 heavy (non-hydrogen) atoms. The molecule has 1 unspecified atom stereocenters. The second-order valence-electron chi connectivity index (χ2n) is 6.73. The monoisotopic (exact) mass is 388 g/mol. The first-order chi connectivity index (χ1) is 13.3. The second-order valence-corrected chi connectivity index (χ2v) is 6.73. The Hall–Kier alpha value is -3.09. The van der Waals surface area contributed by atoms with E-state index in [0.29, 0.717) is 22.3 Å². The zero-order valence-electron chi connectivity index (χ0n) is 16.2. The van der Waals surface area contributed by atoms with E-state index in [1.165, 1.54) is 36.3 Å². The Balaban J connectivity index is 1.70. The number of nitrogens with one attached hydrogen (secondary N) is 1. The number of aryl methyl sites for hydroxylation is 1. The van der Waals surface area contributed by atoms with Gasteiger partial charge in [0, 0.05) is 24.5 Å². The molecular weight excluding hydrogens is 366 g/mol. The molecule has 0 aliphatic heterocycles. The van der Waals surface area contributed by atoms with Crippen molar-refractivity contribution in [1.82, 2.24) is 10.2 Å². The van der Waals surface area contributed by atoms with E-state index < -0.39 is 11.9 Å². The Bertz CT molecular complexity index is 1020. The highest BCUT2D eigenvalue weighted by Crippen LogP contribution is 2.30. The Kier molecular flexibility index (Phi) is 5.53. The average Bonchev–Trinajstić information content (AvgIpc) is 2.98. The molecular formula is C21H22F2N2O3. The van der Waals surface area contributed by atoms with Gasteiger partial charge >= 0.3 is 6.03 Å². The number of fused-ring (bicyclic) bond motifs is 1. The molecule has 0 saturated carbocycles. The molecule has 0 saturated heterocycles. The van der Waals surface area contributed by atoms with Crippen molar-refractivity contribution >= 4 is 17.0 Å². The van der Waals surface area contributed by atoms with E-state index in [2.05, 4.69) is 5.32 Å². The van der Waals surface area contributed by atoms with Crippen LogP contribution in [0, 0.1) is 18.6 Å². The number of furan rings is 1. The Morgan fingerprint density at radius 2 is 2.00 bits per heavy atom. The van der Waals surface area contributed by atoms with Crippen LogP contribution < -0.4 is 10.1 Å². The molecule has 0 aliphatic rings. The lowest BCUT2D eigenvalue weighted by atomic mass is 10.1. The predicted molar refractivity (Wildman–Crippen MR) is 102 cm³/mol. The van der Waals surface area contributed by atoms with Gasteiger partial charge in [0.25, 0.3) is 0 Å². The van der Waals surface area contributed by atoms with Crippen molar-refractivity contribution in [1.29, 1.82) is 0 Å². The van der Waals surface area contributed by atoms with E-state index in [-0.39, 0.29) is 24.1 Å². The number of halogens is 2. The summed E-state index contributed by atoms with van der Waals surface area (Å²) in [6.45, 7) is 3.84. The highest BCUT2D eigenvalue weighted by Gasteiger charge is 2.20. The lowest BCUT2D eigenvalue weighted by Gasteiger charge is -2.21. The fourth-order valence-electron chi connectivity index (χ4n) is 3.14. The Morgan fingerprint density at radius 1 is 1.25 bits per heavy atom. The summed E-state index contributed by atoms with van der Waals surface area (Å²) in [6, 6.07) is 8.12. The maximum Gasteiger partial charge on any atom is 0.318 e. The van der Waals surface area contributed by atoms with Gasteiger partial charge < -0.3 is 19.4 Å². The van der Waals surface area contributed by atoms with Gasteiger partial charge in [0.05, 0.1) is 13.2 Å². The van der Waals surface area contributed by atoms with Crippen LogP contribution in [0.2, 0.25) is 0 Å². The summed E-state index contributed by atoms with van der Waals surface area (Å²) in [5.41, 5.74) is 1.98. The van der Waals surface area contributed by atoms with Gasteiger partial charge in [0.2, 0.25) is 0 Å². The molecule has 0 bridgehead atoms. The van der Waals surface area contributed by atoms with E-state index in [1.807, 2.05) is 6.92 Å². The van der Waals surface area contributed by atoms with Crippen molar-refractivity contribution in [3.8, 4) is 5.75 Å². The van der Waals surface area contributed by atoms with Crippen LogP contribution in [0.15, 0.2) is 40.8 Å². The lowest BCUT2D eigenvalue weighted by Crippen LogP contribution is -2.38. The first-order valence-corrected chi connectivity index (χ1v) is 8.82. The topological polar surface area (TPSA) is 54.7 Å². The minimum atomic E-state index is -0.479. The van der Waals surface area contributed by atoms with Crippen LogP contribution in [0.5, 0.6) is 5.75 Å². The minimum Gasteiger partial charge on any atom is -0.494 e. The molecule has 0 spiro atoms. The third kappa shape index (κ3) is 3.93. The summed E-state index contributed by atoms with van der Waals surface area (Å²) in [6.07, 6.45) is 0. The summed E-state index contributed by atoms with van der Waals surface area (Å²) in [5, 5.41) is 3.53. The number of benzene rings is 2. The van der Waals surface area contributed by atoms with Crippen molar-refractivity contribution in [2.24, 2.45) is 0 Å². The molecule has 3 aromatic rings. The molecule has 2 aromatic carbocycles. The highest BCUT2D eigenvalue weighted by atomic mass is 19.1. The van der Waals surface area contributed by atoms with Crippen LogP contribution in [0.1, 0.15) is 29.9 Å². The smallest absolute Gasteiger partial charge is 0.318 e. The molecule has 148 valence electrons. The van der Waals surface area contributed by atoms with E-state index in [9.17, 15) is 13.6 Å². The van der Waals surface area contributed by atoms with Gasteiger partial charge in [0.15, 0.2) is 11.6 Å². The van der Waals surface area contributed by atoms with Gasteiger partial charge in [-0.1, -0.05) is 6.07 Å². The number of carbonyl (C=O) groups excluding carboxylic acids is 1. The number of rotatable bonds is 5. The number of methoxy groups -OCH3 is 1. The third-order valence-corrected chi connectivity index (χ3v) is 4.65. The normalized spacial score (nSPS) is 12.1. The summed E-state index contributed by atoms with van der Waals surface area (Å²) >= 11 is 0.